The minimum Gasteiger partial charge on any atom is -0.487 e. The van der Waals surface area contributed by atoms with Crippen LogP contribution >= 0.6 is 11.6 Å². The lowest BCUT2D eigenvalue weighted by atomic mass is 10.0. The fraction of sp³-hybridized carbons (Fsp3) is 0.409. The van der Waals surface area contributed by atoms with Crippen molar-refractivity contribution in [2.45, 2.75) is 32.2 Å². The lowest BCUT2D eigenvalue weighted by molar-refractivity contribution is -0.192. The Hall–Kier alpha value is -2.29. The summed E-state index contributed by atoms with van der Waals surface area (Å²) in [5.41, 5.74) is 2.24. The van der Waals surface area contributed by atoms with Gasteiger partial charge in [0, 0.05) is 17.5 Å². The van der Waals surface area contributed by atoms with E-state index in [1.165, 1.54) is 5.56 Å². The number of carbonyl (C=O) groups is 1. The second-order valence-electron chi connectivity index (χ2n) is 7.12. The number of nitrogens with one attached hydrogen (secondary N) is 1. The molecule has 2 aromatic rings. The van der Waals surface area contributed by atoms with E-state index in [1.807, 2.05) is 43.3 Å². The van der Waals surface area contributed by atoms with Crippen molar-refractivity contribution in [1.82, 2.24) is 5.32 Å². The van der Waals surface area contributed by atoms with Crippen LogP contribution in [0.3, 0.4) is 0 Å². The molecule has 2 aromatic carbocycles. The van der Waals surface area contributed by atoms with Gasteiger partial charge in [0.1, 0.15) is 11.9 Å². The van der Waals surface area contributed by atoms with Crippen LogP contribution in [0.2, 0.25) is 5.02 Å². The first-order chi connectivity index (χ1) is 14.7. The molecule has 2 atom stereocenters. The monoisotopic (exact) mass is 459 g/mol. The van der Waals surface area contributed by atoms with Gasteiger partial charge in [-0.1, -0.05) is 41.9 Å². The number of carboxylic acids is 1. The Kier molecular flexibility index (Phi) is 9.61. The average molecular weight is 460 g/mol. The summed E-state index contributed by atoms with van der Waals surface area (Å²) in [5, 5.41) is 11.3. The molecule has 0 radical (unpaired) electrons. The summed E-state index contributed by atoms with van der Waals surface area (Å²) in [7, 11) is 0. The molecule has 31 heavy (non-hydrogen) atoms. The quantitative estimate of drug-likeness (QED) is 0.619. The Morgan fingerprint density at radius 3 is 2.48 bits per heavy atom. The molecule has 5 nitrogen and oxygen atoms in total. The normalized spacial score (nSPS) is 16.9. The third-order valence-electron chi connectivity index (χ3n) is 4.68. The highest BCUT2D eigenvalue weighted by Crippen LogP contribution is 2.26. The molecule has 0 aromatic heterocycles. The van der Waals surface area contributed by atoms with Crippen LogP contribution in [0.4, 0.5) is 13.2 Å². The maximum Gasteiger partial charge on any atom is 0.490 e. The van der Waals surface area contributed by atoms with E-state index in [-0.39, 0.29) is 6.10 Å². The molecule has 3 rings (SSSR count). The van der Waals surface area contributed by atoms with Crippen LogP contribution in [0.1, 0.15) is 17.5 Å². The van der Waals surface area contributed by atoms with Gasteiger partial charge in [0.15, 0.2) is 0 Å². The first kappa shape index (κ1) is 25.0. The fourth-order valence-corrected chi connectivity index (χ4v) is 3.26. The highest BCUT2D eigenvalue weighted by molar-refractivity contribution is 6.30. The van der Waals surface area contributed by atoms with E-state index in [1.54, 1.807) is 0 Å². The van der Waals surface area contributed by atoms with E-state index >= 15 is 0 Å². The summed E-state index contributed by atoms with van der Waals surface area (Å²) >= 11 is 6.04. The van der Waals surface area contributed by atoms with Crippen LogP contribution in [0.5, 0.6) is 5.75 Å². The summed E-state index contributed by atoms with van der Waals surface area (Å²) in [6.07, 6.45) is -3.92. The summed E-state index contributed by atoms with van der Waals surface area (Å²) in [6, 6.07) is 16.0. The summed E-state index contributed by atoms with van der Waals surface area (Å²) in [5.74, 6) is -1.40. The van der Waals surface area contributed by atoms with Crippen molar-refractivity contribution in [1.29, 1.82) is 0 Å². The molecule has 0 amide bonds. The number of ether oxygens (including phenoxy) is 2. The first-order valence-corrected chi connectivity index (χ1v) is 10.1. The zero-order chi connectivity index (χ0) is 22.9. The van der Waals surface area contributed by atoms with Crippen LogP contribution in [0, 0.1) is 12.8 Å². The largest absolute Gasteiger partial charge is 0.490 e. The van der Waals surface area contributed by atoms with Crippen molar-refractivity contribution in [2.24, 2.45) is 5.92 Å². The molecule has 170 valence electrons. The van der Waals surface area contributed by atoms with Crippen molar-refractivity contribution < 1.29 is 32.5 Å². The number of hydrogen-bond acceptors (Lipinski definition) is 4. The van der Waals surface area contributed by atoms with Crippen LogP contribution < -0.4 is 10.1 Å². The molecule has 0 aliphatic carbocycles. The molecule has 0 spiro atoms. The zero-order valence-corrected chi connectivity index (χ0v) is 17.7. The van der Waals surface area contributed by atoms with E-state index in [0.29, 0.717) is 19.1 Å². The molecule has 1 aliphatic heterocycles. The molecule has 1 saturated heterocycles. The van der Waals surface area contributed by atoms with E-state index in [9.17, 15) is 13.2 Å². The molecule has 0 saturated carbocycles. The topological polar surface area (TPSA) is 67.8 Å². The summed E-state index contributed by atoms with van der Waals surface area (Å²) in [6.45, 7) is 5.24. The number of benzene rings is 2. The first-order valence-electron chi connectivity index (χ1n) is 9.72. The highest BCUT2D eigenvalue weighted by Gasteiger charge is 2.38. The third kappa shape index (κ3) is 8.77. The lowest BCUT2D eigenvalue weighted by Gasteiger charge is -2.25. The number of aryl methyl sites for hydroxylation is 1. The average Bonchev–Trinajstić information content (AvgIpc) is 3.24. The molecule has 1 heterocycles. The smallest absolute Gasteiger partial charge is 0.487 e. The van der Waals surface area contributed by atoms with Gasteiger partial charge < -0.3 is 19.9 Å². The number of halogens is 4. The predicted molar refractivity (Wildman–Crippen MR) is 111 cm³/mol. The fourth-order valence-electron chi connectivity index (χ4n) is 3.04. The maximum atomic E-state index is 10.6. The van der Waals surface area contributed by atoms with Crippen LogP contribution in [-0.2, 0) is 16.1 Å². The van der Waals surface area contributed by atoms with Crippen LogP contribution in [0.15, 0.2) is 48.5 Å². The molecule has 9 heteroatoms. The lowest BCUT2D eigenvalue weighted by Crippen LogP contribution is -2.33. The molecular formula is C22H25ClF3NO4. The SMILES string of the molecule is Cc1cc(Cl)ccc1O[C@@H](COCc1ccccc1)[C@H]1CCNC1.O=C(O)C(F)(F)F. The minimum absolute atomic E-state index is 0.0450. The maximum absolute atomic E-state index is 10.6. The van der Waals surface area contributed by atoms with E-state index in [4.69, 9.17) is 31.0 Å². The molecule has 1 aliphatic rings. The minimum atomic E-state index is -5.08. The highest BCUT2D eigenvalue weighted by atomic mass is 35.5. The molecule has 1 fully saturated rings. The zero-order valence-electron chi connectivity index (χ0n) is 17.0. The summed E-state index contributed by atoms with van der Waals surface area (Å²) < 4.78 is 44.0. The van der Waals surface area contributed by atoms with Crippen molar-refractivity contribution in [3.8, 4) is 5.75 Å². The van der Waals surface area contributed by atoms with Gasteiger partial charge in [0.25, 0.3) is 0 Å². The molecular weight excluding hydrogens is 435 g/mol. The Morgan fingerprint density at radius 1 is 1.26 bits per heavy atom. The Balaban J connectivity index is 0.000000423. The summed E-state index contributed by atoms with van der Waals surface area (Å²) in [4.78, 5) is 8.90. The molecule has 2 N–H and O–H groups in total. The number of aliphatic carboxylic acids is 1. The van der Waals surface area contributed by atoms with E-state index in [2.05, 4.69) is 17.4 Å². The van der Waals surface area contributed by atoms with Gasteiger partial charge in [-0.25, -0.2) is 4.79 Å². The van der Waals surface area contributed by atoms with Gasteiger partial charge in [0.05, 0.1) is 13.2 Å². The van der Waals surface area contributed by atoms with Crippen molar-refractivity contribution >= 4 is 17.6 Å². The van der Waals surface area contributed by atoms with Crippen molar-refractivity contribution in [3.63, 3.8) is 0 Å². The predicted octanol–water partition coefficient (Wildman–Crippen LogP) is 4.86. The third-order valence-corrected chi connectivity index (χ3v) is 4.91. The number of rotatable bonds is 7. The second kappa shape index (κ2) is 11.9. The van der Waals surface area contributed by atoms with Crippen LogP contribution in [-0.4, -0.2) is 43.1 Å². The second-order valence-corrected chi connectivity index (χ2v) is 7.56. The van der Waals surface area contributed by atoms with Crippen LogP contribution in [0.25, 0.3) is 0 Å². The van der Waals surface area contributed by atoms with Gasteiger partial charge in [-0.2, -0.15) is 13.2 Å². The van der Waals surface area contributed by atoms with Gasteiger partial charge in [-0.05, 0) is 49.2 Å². The molecule has 0 unspecified atom stereocenters. The van der Waals surface area contributed by atoms with Gasteiger partial charge in [-0.3, -0.25) is 0 Å². The number of alkyl halides is 3. The van der Waals surface area contributed by atoms with E-state index < -0.39 is 12.1 Å². The van der Waals surface area contributed by atoms with Gasteiger partial charge in [-0.15, -0.1) is 0 Å². The molecule has 0 bridgehead atoms. The van der Waals surface area contributed by atoms with Gasteiger partial charge in [0.2, 0.25) is 0 Å². The van der Waals surface area contributed by atoms with E-state index in [0.717, 1.165) is 35.8 Å². The van der Waals surface area contributed by atoms with Crippen molar-refractivity contribution in [3.05, 3.63) is 64.7 Å². The van der Waals surface area contributed by atoms with Crippen molar-refractivity contribution in [2.75, 3.05) is 19.7 Å². The Bertz CT molecular complexity index is 827. The standard InChI is InChI=1S/C20H24ClNO2.C2HF3O2/c1-15-11-18(21)7-8-19(15)24-20(17-9-10-22-12-17)14-23-13-16-5-3-2-4-6-16;3-2(4,5)1(6)7/h2-8,11,17,20,22H,9-10,12-14H2,1H3;(H,6,7)/t17-,20-;/m0./s1. The Labute approximate surface area is 184 Å². The number of carboxylic acid groups (broad SMARTS) is 1. The number of hydrogen-bond donors (Lipinski definition) is 2. The van der Waals surface area contributed by atoms with Gasteiger partial charge >= 0.3 is 12.1 Å². The Morgan fingerprint density at radius 2 is 1.94 bits per heavy atom.